The Kier molecular flexibility index (Phi) is 6.70. The Bertz CT molecular complexity index is 1380. The zero-order chi connectivity index (χ0) is 20.0. The number of hydrogen-bond donors (Lipinski definition) is 1. The number of anilines is 1. The maximum atomic E-state index is 13.5. The van der Waals surface area contributed by atoms with Crippen LogP contribution in [0.2, 0.25) is 0 Å². The van der Waals surface area contributed by atoms with E-state index >= 15 is 0 Å². The van der Waals surface area contributed by atoms with Gasteiger partial charge in [0.2, 0.25) is 0 Å². The molecule has 0 amide bonds. The predicted octanol–water partition coefficient (Wildman–Crippen LogP) is 4.92. The van der Waals surface area contributed by atoms with E-state index in [1.54, 1.807) is 0 Å². The van der Waals surface area contributed by atoms with Gasteiger partial charge in [0.15, 0.2) is 5.43 Å². The molecule has 0 atom stereocenters. The van der Waals surface area contributed by atoms with Crippen molar-refractivity contribution >= 4 is 57.8 Å². The largest absolute Gasteiger partial charge is 0.383 e. The average Bonchev–Trinajstić information content (AvgIpc) is 3.13. The highest BCUT2D eigenvalue weighted by atomic mass is 35.5. The minimum atomic E-state index is 0. The van der Waals surface area contributed by atoms with Crippen LogP contribution in [0.15, 0.2) is 71.5 Å². The van der Waals surface area contributed by atoms with Crippen molar-refractivity contribution in [2.45, 2.75) is 0 Å². The highest BCUT2D eigenvalue weighted by molar-refractivity contribution is 6.08. The fraction of sp³-hybridized carbons (Fsp3) is 0.167. The van der Waals surface area contributed by atoms with Gasteiger partial charge in [-0.1, -0.05) is 42.5 Å². The molecule has 7 heteroatoms. The summed E-state index contributed by atoms with van der Waals surface area (Å²) in [5.41, 5.74) is 4.53. The molecule has 2 heterocycles. The van der Waals surface area contributed by atoms with Gasteiger partial charge < -0.3 is 10.2 Å². The number of nitrogens with one attached hydrogen (secondary N) is 1. The van der Waals surface area contributed by atoms with E-state index in [0.717, 1.165) is 46.7 Å². The number of halogens is 2. The van der Waals surface area contributed by atoms with Crippen molar-refractivity contribution in [3.63, 3.8) is 0 Å². The number of aromatic nitrogens is 2. The number of likely N-dealkylation sites (N-methyl/N-ethyl adjacent to an activating group) is 1. The molecule has 5 nitrogen and oxygen atoms in total. The molecule has 160 valence electrons. The molecule has 0 aliphatic rings. The van der Waals surface area contributed by atoms with Crippen molar-refractivity contribution in [1.29, 1.82) is 0 Å². The van der Waals surface area contributed by atoms with Crippen molar-refractivity contribution in [2.75, 3.05) is 32.5 Å². The monoisotopic (exact) mass is 454 g/mol. The number of para-hydroxylation sites is 1. The Hall–Kier alpha value is -2.86. The quantitative estimate of drug-likeness (QED) is 0.382. The molecule has 0 radical (unpaired) electrons. The van der Waals surface area contributed by atoms with Gasteiger partial charge in [0.1, 0.15) is 5.82 Å². The summed E-state index contributed by atoms with van der Waals surface area (Å²) < 4.78 is 2.13. The van der Waals surface area contributed by atoms with Crippen LogP contribution < -0.4 is 10.7 Å². The van der Waals surface area contributed by atoms with Crippen LogP contribution in [0, 0.1) is 0 Å². The number of benzene rings is 3. The SMILES string of the molecule is CN(C)CCNc1ccc2nc(-c3ccccc3)n3c4ccccc4c(=O)c1c23.Cl.Cl. The maximum absolute atomic E-state index is 13.5. The molecule has 0 saturated carbocycles. The third kappa shape index (κ3) is 3.81. The molecule has 31 heavy (non-hydrogen) atoms. The molecule has 0 bridgehead atoms. The smallest absolute Gasteiger partial charge is 0.199 e. The Morgan fingerprint density at radius 3 is 2.39 bits per heavy atom. The number of rotatable bonds is 5. The average molecular weight is 455 g/mol. The Morgan fingerprint density at radius 1 is 0.935 bits per heavy atom. The molecule has 0 unspecified atom stereocenters. The lowest BCUT2D eigenvalue weighted by molar-refractivity contribution is 0.425. The summed E-state index contributed by atoms with van der Waals surface area (Å²) in [6.07, 6.45) is 0. The van der Waals surface area contributed by atoms with Crippen LogP contribution in [0.1, 0.15) is 0 Å². The van der Waals surface area contributed by atoms with Crippen molar-refractivity contribution in [3.8, 4) is 11.4 Å². The summed E-state index contributed by atoms with van der Waals surface area (Å²) in [7, 11) is 4.08. The molecule has 0 saturated heterocycles. The molecule has 0 fully saturated rings. The lowest BCUT2D eigenvalue weighted by Crippen LogP contribution is -2.21. The van der Waals surface area contributed by atoms with Crippen molar-refractivity contribution in [2.24, 2.45) is 0 Å². The summed E-state index contributed by atoms with van der Waals surface area (Å²) in [4.78, 5) is 20.5. The number of fused-ring (bicyclic) bond motifs is 2. The summed E-state index contributed by atoms with van der Waals surface area (Å²) in [6, 6.07) is 21.9. The standard InChI is InChI=1S/C24H22N4O.2ClH/c1-27(2)15-14-25-18-12-13-19-22-21(18)23(29)17-10-6-7-11-20(17)28(22)24(26-19)16-8-4-3-5-9-16;;/h3-13,25H,14-15H2,1-2H3;2*1H. The molecule has 0 aliphatic carbocycles. The first-order valence-corrected chi connectivity index (χ1v) is 9.79. The van der Waals surface area contributed by atoms with Crippen LogP contribution in [0.3, 0.4) is 0 Å². The number of hydrogen-bond acceptors (Lipinski definition) is 4. The summed E-state index contributed by atoms with van der Waals surface area (Å²) in [5, 5.41) is 4.87. The van der Waals surface area contributed by atoms with Gasteiger partial charge in [-0.2, -0.15) is 0 Å². The van der Waals surface area contributed by atoms with E-state index in [1.807, 2.05) is 68.7 Å². The third-order valence-electron chi connectivity index (χ3n) is 5.34. The second kappa shape index (κ2) is 9.10. The fourth-order valence-electron chi connectivity index (χ4n) is 3.97. The number of nitrogens with zero attached hydrogens (tertiary/aromatic N) is 3. The topological polar surface area (TPSA) is 49.6 Å². The molecule has 0 aliphatic heterocycles. The van der Waals surface area contributed by atoms with Crippen molar-refractivity contribution in [3.05, 3.63) is 77.0 Å². The van der Waals surface area contributed by atoms with Crippen LogP contribution >= 0.6 is 24.8 Å². The molecular weight excluding hydrogens is 431 g/mol. The van der Waals surface area contributed by atoms with E-state index in [4.69, 9.17) is 4.98 Å². The lowest BCUT2D eigenvalue weighted by Gasteiger charge is -2.14. The second-order valence-electron chi connectivity index (χ2n) is 7.57. The Labute approximate surface area is 192 Å². The van der Waals surface area contributed by atoms with Gasteiger partial charge in [-0.25, -0.2) is 4.98 Å². The minimum Gasteiger partial charge on any atom is -0.383 e. The molecule has 2 aromatic heterocycles. The van der Waals surface area contributed by atoms with E-state index in [-0.39, 0.29) is 30.2 Å². The van der Waals surface area contributed by atoms with E-state index in [9.17, 15) is 4.79 Å². The molecule has 3 aromatic carbocycles. The number of imidazole rings is 1. The first kappa shape index (κ1) is 22.8. The van der Waals surface area contributed by atoms with Crippen LogP contribution in [0.5, 0.6) is 0 Å². The summed E-state index contributed by atoms with van der Waals surface area (Å²) in [5.74, 6) is 0.854. The van der Waals surface area contributed by atoms with Crippen LogP contribution in [0.4, 0.5) is 5.69 Å². The molecule has 1 N–H and O–H groups in total. The Morgan fingerprint density at radius 2 is 1.65 bits per heavy atom. The number of pyridine rings is 1. The van der Waals surface area contributed by atoms with Crippen molar-refractivity contribution < 1.29 is 0 Å². The molecule has 0 spiro atoms. The normalized spacial score (nSPS) is 11.1. The van der Waals surface area contributed by atoms with E-state index in [0.29, 0.717) is 10.8 Å². The van der Waals surface area contributed by atoms with Gasteiger partial charge in [0.25, 0.3) is 0 Å². The zero-order valence-electron chi connectivity index (χ0n) is 17.3. The summed E-state index contributed by atoms with van der Waals surface area (Å²) in [6.45, 7) is 1.65. The van der Waals surface area contributed by atoms with E-state index in [2.05, 4.69) is 26.8 Å². The first-order chi connectivity index (χ1) is 14.1. The van der Waals surface area contributed by atoms with Gasteiger partial charge in [-0.15, -0.1) is 24.8 Å². The lowest BCUT2D eigenvalue weighted by atomic mass is 10.1. The second-order valence-corrected chi connectivity index (χ2v) is 7.57. The van der Waals surface area contributed by atoms with E-state index < -0.39 is 0 Å². The predicted molar refractivity (Wildman–Crippen MR) is 135 cm³/mol. The fourth-order valence-corrected chi connectivity index (χ4v) is 3.97. The van der Waals surface area contributed by atoms with Gasteiger partial charge in [-0.05, 0) is 38.4 Å². The summed E-state index contributed by atoms with van der Waals surface area (Å²) >= 11 is 0. The molecule has 5 aromatic rings. The highest BCUT2D eigenvalue weighted by Gasteiger charge is 2.20. The van der Waals surface area contributed by atoms with E-state index in [1.165, 1.54) is 0 Å². The molecular formula is C24H24Cl2N4O. The third-order valence-corrected chi connectivity index (χ3v) is 5.34. The molecule has 5 rings (SSSR count). The highest BCUT2D eigenvalue weighted by Crippen LogP contribution is 2.33. The van der Waals surface area contributed by atoms with Gasteiger partial charge in [0, 0.05) is 29.7 Å². The van der Waals surface area contributed by atoms with Crippen LogP contribution in [0.25, 0.3) is 38.7 Å². The van der Waals surface area contributed by atoms with Crippen molar-refractivity contribution in [1.82, 2.24) is 14.3 Å². The van der Waals surface area contributed by atoms with Gasteiger partial charge >= 0.3 is 0 Å². The maximum Gasteiger partial charge on any atom is 0.199 e. The van der Waals surface area contributed by atoms with Crippen LogP contribution in [-0.4, -0.2) is 41.5 Å². The van der Waals surface area contributed by atoms with Crippen LogP contribution in [-0.2, 0) is 0 Å². The minimum absolute atomic E-state index is 0. The zero-order valence-corrected chi connectivity index (χ0v) is 19.0. The Balaban J connectivity index is 0.00000136. The first-order valence-electron chi connectivity index (χ1n) is 9.79. The van der Waals surface area contributed by atoms with Gasteiger partial charge in [-0.3, -0.25) is 9.20 Å². The van der Waals surface area contributed by atoms with Gasteiger partial charge in [0.05, 0.1) is 21.9 Å².